The normalized spacial score (nSPS) is 16.2. The average Bonchev–Trinajstić information content (AvgIpc) is 2.90. The van der Waals surface area contributed by atoms with Gasteiger partial charge in [0.25, 0.3) is 11.6 Å². The molecule has 1 heterocycles. The summed E-state index contributed by atoms with van der Waals surface area (Å²) in [5.74, 6) is -0.284. The zero-order valence-electron chi connectivity index (χ0n) is 12.9. The van der Waals surface area contributed by atoms with Crippen molar-refractivity contribution in [2.75, 3.05) is 4.90 Å². The molecular formula is C18H12N2O3S2. The highest BCUT2D eigenvalue weighted by molar-refractivity contribution is 8.27. The van der Waals surface area contributed by atoms with E-state index in [0.717, 1.165) is 5.56 Å². The van der Waals surface area contributed by atoms with Gasteiger partial charge in [0.05, 0.1) is 15.5 Å². The number of anilines is 1. The molecule has 7 heteroatoms. The number of carbonyl (C=O) groups excluding carboxylic acids is 1. The Morgan fingerprint density at radius 3 is 2.60 bits per heavy atom. The molecule has 1 aliphatic rings. The summed E-state index contributed by atoms with van der Waals surface area (Å²) in [7, 11) is 0. The lowest BCUT2D eigenvalue weighted by Gasteiger charge is -2.13. The van der Waals surface area contributed by atoms with Gasteiger partial charge in [-0.25, -0.2) is 0 Å². The molecule has 0 spiro atoms. The maximum Gasteiger partial charge on any atom is 0.271 e. The summed E-state index contributed by atoms with van der Waals surface area (Å²) in [6.45, 7) is 0. The van der Waals surface area contributed by atoms with Crippen molar-refractivity contribution < 1.29 is 9.72 Å². The number of non-ortho nitro benzene ring substituents is 1. The number of allylic oxidation sites excluding steroid dienone is 2. The van der Waals surface area contributed by atoms with Crippen molar-refractivity contribution in [2.24, 2.45) is 0 Å². The Hall–Kier alpha value is -2.77. The Bertz CT molecular complexity index is 908. The number of amides is 1. The van der Waals surface area contributed by atoms with Gasteiger partial charge in [0.1, 0.15) is 0 Å². The highest BCUT2D eigenvalue weighted by Gasteiger charge is 2.33. The minimum Gasteiger partial charge on any atom is -0.268 e. The molecule has 1 saturated heterocycles. The van der Waals surface area contributed by atoms with Gasteiger partial charge < -0.3 is 0 Å². The number of carbonyl (C=O) groups is 1. The first-order valence-electron chi connectivity index (χ1n) is 7.30. The smallest absolute Gasteiger partial charge is 0.268 e. The first kappa shape index (κ1) is 17.1. The molecule has 2 aromatic rings. The number of benzene rings is 2. The van der Waals surface area contributed by atoms with Gasteiger partial charge in [-0.2, -0.15) is 0 Å². The zero-order chi connectivity index (χ0) is 17.8. The Balaban J connectivity index is 1.83. The van der Waals surface area contributed by atoms with Crippen LogP contribution in [0.3, 0.4) is 0 Å². The maximum atomic E-state index is 12.6. The number of nitro benzene ring substituents is 1. The standard InChI is InChI=1S/C18H12N2O3S2/c21-17-16(11-4-8-13-6-2-1-3-7-13)25-18(24)19(17)14-9-5-10-15(12-14)20(22)23/h1-12H/b8-4+,16-11+. The molecule has 0 atom stereocenters. The fourth-order valence-electron chi connectivity index (χ4n) is 2.26. The molecule has 1 aliphatic heterocycles. The molecule has 124 valence electrons. The molecule has 0 saturated carbocycles. The molecule has 0 aromatic heterocycles. The van der Waals surface area contributed by atoms with Gasteiger partial charge in [-0.1, -0.05) is 72.5 Å². The fourth-order valence-corrected chi connectivity index (χ4v) is 3.51. The lowest BCUT2D eigenvalue weighted by atomic mass is 10.2. The van der Waals surface area contributed by atoms with Crippen LogP contribution in [0.2, 0.25) is 0 Å². The predicted octanol–water partition coefficient (Wildman–Crippen LogP) is 4.56. The lowest BCUT2D eigenvalue weighted by molar-refractivity contribution is -0.384. The monoisotopic (exact) mass is 368 g/mol. The molecule has 5 nitrogen and oxygen atoms in total. The molecule has 0 unspecified atom stereocenters. The van der Waals surface area contributed by atoms with Crippen molar-refractivity contribution in [3.63, 3.8) is 0 Å². The molecule has 0 radical (unpaired) electrons. The van der Waals surface area contributed by atoms with Crippen molar-refractivity contribution in [1.82, 2.24) is 0 Å². The van der Waals surface area contributed by atoms with Crippen LogP contribution in [0, 0.1) is 10.1 Å². The molecule has 3 rings (SSSR count). The Kier molecular flexibility index (Phi) is 5.06. The van der Waals surface area contributed by atoms with Gasteiger partial charge in [0, 0.05) is 12.1 Å². The average molecular weight is 368 g/mol. The van der Waals surface area contributed by atoms with Crippen molar-refractivity contribution in [2.45, 2.75) is 0 Å². The van der Waals surface area contributed by atoms with Crippen LogP contribution >= 0.6 is 24.0 Å². The highest BCUT2D eigenvalue weighted by atomic mass is 32.2. The van der Waals surface area contributed by atoms with Crippen molar-refractivity contribution >= 4 is 51.7 Å². The summed E-state index contributed by atoms with van der Waals surface area (Å²) >= 11 is 6.44. The van der Waals surface area contributed by atoms with Crippen LogP contribution in [-0.2, 0) is 4.79 Å². The van der Waals surface area contributed by atoms with E-state index in [9.17, 15) is 14.9 Å². The van der Waals surface area contributed by atoms with E-state index in [4.69, 9.17) is 12.2 Å². The van der Waals surface area contributed by atoms with Crippen LogP contribution in [0.1, 0.15) is 5.56 Å². The summed E-state index contributed by atoms with van der Waals surface area (Å²) in [5, 5.41) is 10.9. The molecule has 0 N–H and O–H groups in total. The van der Waals surface area contributed by atoms with Crippen LogP contribution in [0.25, 0.3) is 6.08 Å². The number of hydrogen-bond donors (Lipinski definition) is 0. The third-order valence-electron chi connectivity index (χ3n) is 3.43. The number of rotatable bonds is 4. The Labute approximate surface area is 153 Å². The van der Waals surface area contributed by atoms with Gasteiger partial charge >= 0.3 is 0 Å². The first-order valence-corrected chi connectivity index (χ1v) is 8.53. The van der Waals surface area contributed by atoms with Crippen molar-refractivity contribution in [3.8, 4) is 0 Å². The van der Waals surface area contributed by atoms with E-state index in [1.807, 2.05) is 36.4 Å². The highest BCUT2D eigenvalue weighted by Crippen LogP contribution is 2.35. The molecular weight excluding hydrogens is 356 g/mol. The number of thioether (sulfide) groups is 1. The topological polar surface area (TPSA) is 63.5 Å². The number of nitrogens with zero attached hydrogens (tertiary/aromatic N) is 2. The number of thiocarbonyl (C=S) groups is 1. The van der Waals surface area contributed by atoms with E-state index < -0.39 is 4.92 Å². The number of hydrogen-bond acceptors (Lipinski definition) is 5. The summed E-state index contributed by atoms with van der Waals surface area (Å²) in [6.07, 6.45) is 5.37. The van der Waals surface area contributed by atoms with Gasteiger partial charge in [-0.15, -0.1) is 0 Å². The maximum absolute atomic E-state index is 12.6. The van der Waals surface area contributed by atoms with Gasteiger partial charge in [0.15, 0.2) is 4.32 Å². The van der Waals surface area contributed by atoms with Crippen LogP contribution < -0.4 is 4.90 Å². The summed E-state index contributed by atoms with van der Waals surface area (Å²) in [5.41, 5.74) is 1.33. The molecule has 1 amide bonds. The minimum atomic E-state index is -0.500. The minimum absolute atomic E-state index is 0.0838. The van der Waals surface area contributed by atoms with E-state index in [1.165, 1.54) is 34.9 Å². The molecule has 25 heavy (non-hydrogen) atoms. The fraction of sp³-hybridized carbons (Fsp3) is 0. The second-order valence-corrected chi connectivity index (χ2v) is 6.76. The Morgan fingerprint density at radius 2 is 1.88 bits per heavy atom. The van der Waals surface area contributed by atoms with E-state index >= 15 is 0 Å². The van der Waals surface area contributed by atoms with E-state index in [-0.39, 0.29) is 11.6 Å². The lowest BCUT2D eigenvalue weighted by Crippen LogP contribution is -2.27. The molecule has 2 aromatic carbocycles. The SMILES string of the molecule is O=C1/C(=C\C=C\c2ccccc2)SC(=S)N1c1cccc([N+](=O)[O-])c1. The van der Waals surface area contributed by atoms with E-state index in [0.29, 0.717) is 14.9 Å². The van der Waals surface area contributed by atoms with Crippen molar-refractivity contribution in [1.29, 1.82) is 0 Å². The quantitative estimate of drug-likeness (QED) is 0.343. The van der Waals surface area contributed by atoms with Gasteiger partial charge in [0.2, 0.25) is 0 Å². The van der Waals surface area contributed by atoms with Crippen LogP contribution in [-0.4, -0.2) is 15.2 Å². The van der Waals surface area contributed by atoms with Crippen LogP contribution in [0.5, 0.6) is 0 Å². The summed E-state index contributed by atoms with van der Waals surface area (Å²) in [6, 6.07) is 15.6. The van der Waals surface area contributed by atoms with E-state index in [1.54, 1.807) is 18.2 Å². The van der Waals surface area contributed by atoms with Crippen LogP contribution in [0.15, 0.2) is 71.7 Å². The Morgan fingerprint density at radius 1 is 1.12 bits per heavy atom. The second kappa shape index (κ2) is 7.42. The predicted molar refractivity (Wildman–Crippen MR) is 104 cm³/mol. The van der Waals surface area contributed by atoms with Crippen LogP contribution in [0.4, 0.5) is 11.4 Å². The largest absolute Gasteiger partial charge is 0.271 e. The molecule has 0 bridgehead atoms. The van der Waals surface area contributed by atoms with E-state index in [2.05, 4.69) is 0 Å². The summed E-state index contributed by atoms with van der Waals surface area (Å²) < 4.78 is 0.352. The summed E-state index contributed by atoms with van der Waals surface area (Å²) in [4.78, 5) is 24.8. The molecule has 1 fully saturated rings. The zero-order valence-corrected chi connectivity index (χ0v) is 14.5. The third kappa shape index (κ3) is 3.84. The third-order valence-corrected chi connectivity index (χ3v) is 4.75. The second-order valence-electron chi connectivity index (χ2n) is 5.09. The van der Waals surface area contributed by atoms with Crippen molar-refractivity contribution in [3.05, 3.63) is 87.3 Å². The van der Waals surface area contributed by atoms with Gasteiger partial charge in [-0.3, -0.25) is 19.8 Å². The first-order chi connectivity index (χ1) is 12.1. The number of nitro groups is 1. The molecule has 0 aliphatic carbocycles. The van der Waals surface area contributed by atoms with Gasteiger partial charge in [-0.05, 0) is 17.7 Å².